The van der Waals surface area contributed by atoms with Gasteiger partial charge in [0.15, 0.2) is 0 Å². The first-order chi connectivity index (χ1) is 6.33. The van der Waals surface area contributed by atoms with Crippen LogP contribution in [0.1, 0.15) is 0 Å². The molecule has 2 aromatic rings. The second-order valence-corrected chi connectivity index (χ2v) is 2.60. The molecule has 0 spiro atoms. The van der Waals surface area contributed by atoms with E-state index in [4.69, 9.17) is 5.53 Å². The molecule has 0 unspecified atom stereocenters. The molecule has 4 heteroatoms. The second kappa shape index (κ2) is 2.82. The molecule has 63 valence electrons. The van der Waals surface area contributed by atoms with E-state index in [1.54, 1.807) is 24.4 Å². The largest absolute Gasteiger partial charge is 0.506 e. The Morgan fingerprint density at radius 1 is 1.31 bits per heavy atom. The van der Waals surface area contributed by atoms with Crippen molar-refractivity contribution in [2.24, 2.45) is 5.11 Å². The maximum atomic E-state index is 9.33. The highest BCUT2D eigenvalue weighted by molar-refractivity contribution is 5.92. The SMILES string of the molecule is [N]=Nc1c(O)ccc2ncccc12. The standard InChI is InChI=1S/C9H6N3O/c10-12-9-6-2-1-5-11-7(6)3-4-8(9)13/h1-5,13H. The third-order valence-electron chi connectivity index (χ3n) is 1.84. The molecule has 0 aliphatic rings. The fourth-order valence-electron chi connectivity index (χ4n) is 1.23. The smallest absolute Gasteiger partial charge is 0.143 e. The highest BCUT2D eigenvalue weighted by Crippen LogP contribution is 2.32. The maximum absolute atomic E-state index is 9.33. The first kappa shape index (κ1) is 7.67. The van der Waals surface area contributed by atoms with Crippen molar-refractivity contribution in [1.29, 1.82) is 0 Å². The number of benzene rings is 1. The lowest BCUT2D eigenvalue weighted by Gasteiger charge is -2.00. The molecule has 1 radical (unpaired) electrons. The molecule has 4 nitrogen and oxygen atoms in total. The van der Waals surface area contributed by atoms with Gasteiger partial charge in [0.2, 0.25) is 0 Å². The lowest BCUT2D eigenvalue weighted by Crippen LogP contribution is -1.78. The number of aromatic hydroxyl groups is 1. The first-order valence-electron chi connectivity index (χ1n) is 3.75. The molecule has 13 heavy (non-hydrogen) atoms. The van der Waals surface area contributed by atoms with Crippen LogP contribution in [-0.4, -0.2) is 10.1 Å². The molecular formula is C9H6N3O. The summed E-state index contributed by atoms with van der Waals surface area (Å²) < 4.78 is 0. The third-order valence-corrected chi connectivity index (χ3v) is 1.84. The Morgan fingerprint density at radius 2 is 2.15 bits per heavy atom. The zero-order valence-electron chi connectivity index (χ0n) is 6.68. The van der Waals surface area contributed by atoms with E-state index in [2.05, 4.69) is 10.1 Å². The van der Waals surface area contributed by atoms with E-state index in [9.17, 15) is 5.11 Å². The molecule has 0 saturated heterocycles. The molecule has 0 aliphatic heterocycles. The van der Waals surface area contributed by atoms with Gasteiger partial charge < -0.3 is 5.11 Å². The monoisotopic (exact) mass is 172 g/mol. The fraction of sp³-hybridized carbons (Fsp3) is 0. The van der Waals surface area contributed by atoms with E-state index in [0.29, 0.717) is 10.9 Å². The van der Waals surface area contributed by atoms with Crippen LogP contribution in [0.15, 0.2) is 35.6 Å². The molecule has 1 N–H and O–H groups in total. The van der Waals surface area contributed by atoms with Gasteiger partial charge in [-0.15, -0.1) is 5.11 Å². The third kappa shape index (κ3) is 1.12. The molecular weight excluding hydrogens is 166 g/mol. The van der Waals surface area contributed by atoms with E-state index in [0.717, 1.165) is 0 Å². The molecule has 0 aliphatic carbocycles. The average molecular weight is 172 g/mol. The maximum Gasteiger partial charge on any atom is 0.143 e. The number of fused-ring (bicyclic) bond motifs is 1. The van der Waals surface area contributed by atoms with E-state index < -0.39 is 0 Å². The first-order valence-corrected chi connectivity index (χ1v) is 3.75. The molecule has 1 heterocycles. The van der Waals surface area contributed by atoms with Crippen LogP contribution >= 0.6 is 0 Å². The van der Waals surface area contributed by atoms with Crippen LogP contribution in [0.25, 0.3) is 10.9 Å². The summed E-state index contributed by atoms with van der Waals surface area (Å²) in [6.45, 7) is 0. The topological polar surface area (TPSA) is 67.8 Å². The van der Waals surface area contributed by atoms with E-state index in [1.807, 2.05) is 0 Å². The fourth-order valence-corrected chi connectivity index (χ4v) is 1.23. The van der Waals surface area contributed by atoms with Gasteiger partial charge >= 0.3 is 0 Å². The summed E-state index contributed by atoms with van der Waals surface area (Å²) in [5, 5.41) is 13.0. The Morgan fingerprint density at radius 3 is 2.92 bits per heavy atom. The van der Waals surface area contributed by atoms with Crippen molar-refractivity contribution >= 4 is 16.6 Å². The normalized spacial score (nSPS) is 10.2. The number of pyridine rings is 1. The summed E-state index contributed by atoms with van der Waals surface area (Å²) >= 11 is 0. The van der Waals surface area contributed by atoms with Crippen LogP contribution in [0.5, 0.6) is 5.75 Å². The highest BCUT2D eigenvalue weighted by atomic mass is 16.3. The quantitative estimate of drug-likeness (QED) is 0.666. The number of nitrogens with zero attached hydrogens (tertiary/aromatic N) is 3. The summed E-state index contributed by atoms with van der Waals surface area (Å²) in [6.07, 6.45) is 1.64. The average Bonchev–Trinajstić information content (AvgIpc) is 2.18. The van der Waals surface area contributed by atoms with Gasteiger partial charge in [-0.1, -0.05) is 0 Å². The number of rotatable bonds is 1. The number of aromatic nitrogens is 1. The molecule has 2 rings (SSSR count). The molecule has 0 saturated carbocycles. The van der Waals surface area contributed by atoms with Crippen molar-refractivity contribution in [3.8, 4) is 5.75 Å². The Kier molecular flexibility index (Phi) is 1.66. The van der Waals surface area contributed by atoms with Gasteiger partial charge in [-0.2, -0.15) is 0 Å². The summed E-state index contributed by atoms with van der Waals surface area (Å²) in [5.74, 6) is -0.0528. The minimum Gasteiger partial charge on any atom is -0.506 e. The van der Waals surface area contributed by atoms with Gasteiger partial charge in [0, 0.05) is 11.6 Å². The molecule has 1 aromatic carbocycles. The van der Waals surface area contributed by atoms with Gasteiger partial charge in [-0.05, 0) is 29.8 Å². The van der Waals surface area contributed by atoms with Crippen LogP contribution < -0.4 is 5.53 Å². The number of phenolic OH excluding ortho intramolecular Hbond substituents is 1. The summed E-state index contributed by atoms with van der Waals surface area (Å²) in [7, 11) is 0. The zero-order valence-corrected chi connectivity index (χ0v) is 6.68. The van der Waals surface area contributed by atoms with Crippen molar-refractivity contribution in [3.63, 3.8) is 0 Å². The molecule has 1 aromatic heterocycles. The van der Waals surface area contributed by atoms with Gasteiger partial charge in [-0.3, -0.25) is 4.98 Å². The van der Waals surface area contributed by atoms with Crippen molar-refractivity contribution in [2.45, 2.75) is 0 Å². The van der Waals surface area contributed by atoms with Gasteiger partial charge in [0.1, 0.15) is 11.4 Å². The van der Waals surface area contributed by atoms with Crippen LogP contribution in [0.4, 0.5) is 5.69 Å². The van der Waals surface area contributed by atoms with Gasteiger partial charge in [0.05, 0.1) is 5.52 Å². The molecule has 0 amide bonds. The minimum atomic E-state index is -0.0528. The van der Waals surface area contributed by atoms with E-state index in [-0.39, 0.29) is 11.4 Å². The Hall–Kier alpha value is -1.97. The highest BCUT2D eigenvalue weighted by Gasteiger charge is 2.05. The Labute approximate surface area is 74.4 Å². The molecule has 0 bridgehead atoms. The summed E-state index contributed by atoms with van der Waals surface area (Å²) in [6, 6.07) is 6.57. The minimum absolute atomic E-state index is 0.0528. The van der Waals surface area contributed by atoms with E-state index in [1.165, 1.54) is 6.07 Å². The Bertz CT molecular complexity index is 467. The summed E-state index contributed by atoms with van der Waals surface area (Å²) in [5.41, 5.74) is 9.50. The molecule has 0 fully saturated rings. The van der Waals surface area contributed by atoms with E-state index >= 15 is 0 Å². The number of phenols is 1. The lowest BCUT2D eigenvalue weighted by molar-refractivity contribution is 0.477. The van der Waals surface area contributed by atoms with Gasteiger partial charge in [0.25, 0.3) is 0 Å². The van der Waals surface area contributed by atoms with Gasteiger partial charge in [-0.25, -0.2) is 0 Å². The number of hydrogen-bond acceptors (Lipinski definition) is 3. The van der Waals surface area contributed by atoms with Crippen LogP contribution in [0.3, 0.4) is 0 Å². The predicted octanol–water partition coefficient (Wildman–Crippen LogP) is 1.82. The van der Waals surface area contributed by atoms with Crippen molar-refractivity contribution < 1.29 is 5.11 Å². The van der Waals surface area contributed by atoms with Crippen LogP contribution in [0, 0.1) is 0 Å². The second-order valence-electron chi connectivity index (χ2n) is 2.60. The lowest BCUT2D eigenvalue weighted by atomic mass is 10.2. The van der Waals surface area contributed by atoms with Crippen molar-refractivity contribution in [1.82, 2.24) is 10.5 Å². The van der Waals surface area contributed by atoms with Crippen LogP contribution in [0.2, 0.25) is 0 Å². The number of hydrogen-bond donors (Lipinski definition) is 1. The Balaban J connectivity index is 2.91. The summed E-state index contributed by atoms with van der Waals surface area (Å²) in [4.78, 5) is 4.05. The molecule has 0 atom stereocenters. The van der Waals surface area contributed by atoms with Crippen molar-refractivity contribution in [2.75, 3.05) is 0 Å². The van der Waals surface area contributed by atoms with Crippen molar-refractivity contribution in [3.05, 3.63) is 30.5 Å². The van der Waals surface area contributed by atoms with Crippen LogP contribution in [-0.2, 0) is 0 Å². The zero-order chi connectivity index (χ0) is 9.26. The predicted molar refractivity (Wildman–Crippen MR) is 47.6 cm³/mol.